The lowest BCUT2D eigenvalue weighted by Crippen LogP contribution is -2.16. The number of hydrogen-bond acceptors (Lipinski definition) is 5. The van der Waals surface area contributed by atoms with Crippen LogP contribution in [0, 0.1) is 18.6 Å². The molecule has 0 radical (unpaired) electrons. The van der Waals surface area contributed by atoms with E-state index < -0.39 is 27.5 Å². The number of aromatic nitrogens is 3. The molecular weight excluding hydrogens is 433 g/mol. The number of imidazole rings is 1. The van der Waals surface area contributed by atoms with E-state index in [0.29, 0.717) is 11.3 Å². The van der Waals surface area contributed by atoms with E-state index in [0.717, 1.165) is 12.3 Å². The average Bonchev–Trinajstić information content (AvgIpc) is 3.00. The van der Waals surface area contributed by atoms with Crippen molar-refractivity contribution < 1.29 is 17.2 Å². The third-order valence-electron chi connectivity index (χ3n) is 3.88. The van der Waals surface area contributed by atoms with Crippen molar-refractivity contribution >= 4 is 38.9 Å². The van der Waals surface area contributed by atoms with E-state index in [2.05, 4.69) is 20.3 Å². The van der Waals surface area contributed by atoms with Crippen molar-refractivity contribution in [2.75, 3.05) is 11.6 Å². The number of sulfone groups is 1. The van der Waals surface area contributed by atoms with E-state index in [1.165, 1.54) is 24.4 Å². The number of benzene rings is 1. The molecule has 0 saturated heterocycles. The van der Waals surface area contributed by atoms with Crippen LogP contribution in [0.5, 0.6) is 0 Å². The second-order valence-corrected chi connectivity index (χ2v) is 8.78. The molecule has 0 amide bonds. The smallest absolute Gasteiger partial charge is 0.194 e. The van der Waals surface area contributed by atoms with Crippen LogP contribution in [0.25, 0.3) is 0 Å². The van der Waals surface area contributed by atoms with E-state index in [-0.39, 0.29) is 26.7 Å². The number of anilines is 1. The van der Waals surface area contributed by atoms with Gasteiger partial charge in [0.1, 0.15) is 17.7 Å². The Labute approximate surface area is 169 Å². The minimum Gasteiger partial charge on any atom is -0.354 e. The highest BCUT2D eigenvalue weighted by molar-refractivity contribution is 7.90. The zero-order valence-corrected chi connectivity index (χ0v) is 16.9. The minimum absolute atomic E-state index is 0.151. The zero-order chi connectivity index (χ0) is 20.6. The predicted molar refractivity (Wildman–Crippen MR) is 103 cm³/mol. The number of aromatic amines is 1. The molecular formula is C17H14Cl2F2N4O2S. The largest absolute Gasteiger partial charge is 0.354 e. The van der Waals surface area contributed by atoms with Crippen molar-refractivity contribution in [1.29, 1.82) is 0 Å². The number of hydrogen-bond donors (Lipinski definition) is 2. The molecule has 1 unspecified atom stereocenters. The summed E-state index contributed by atoms with van der Waals surface area (Å²) in [6.45, 7) is 1.54. The summed E-state index contributed by atoms with van der Waals surface area (Å²) in [4.78, 5) is 10.9. The molecule has 0 aliphatic rings. The first kappa shape index (κ1) is 20.5. The van der Waals surface area contributed by atoms with Crippen LogP contribution in [0.1, 0.15) is 23.1 Å². The van der Waals surface area contributed by atoms with Crippen molar-refractivity contribution in [3.05, 3.63) is 69.2 Å². The molecule has 0 bridgehead atoms. The van der Waals surface area contributed by atoms with Gasteiger partial charge in [-0.2, -0.15) is 0 Å². The SMILES string of the molecule is Cc1[nH]c(C(Nc2nccc(Cl)c2F)c2ccc(F)c(Cl)c2)nc1S(C)(=O)=O. The highest BCUT2D eigenvalue weighted by Gasteiger charge is 2.25. The van der Waals surface area contributed by atoms with Gasteiger partial charge < -0.3 is 10.3 Å². The molecule has 0 spiro atoms. The second kappa shape index (κ2) is 7.65. The number of nitrogens with one attached hydrogen (secondary N) is 2. The molecule has 2 aromatic heterocycles. The van der Waals surface area contributed by atoms with Gasteiger partial charge >= 0.3 is 0 Å². The van der Waals surface area contributed by atoms with Gasteiger partial charge in [0.05, 0.1) is 15.7 Å². The molecule has 1 aromatic carbocycles. The highest BCUT2D eigenvalue weighted by Crippen LogP contribution is 2.30. The van der Waals surface area contributed by atoms with E-state index in [1.807, 2.05) is 0 Å². The molecule has 0 saturated carbocycles. The molecule has 11 heteroatoms. The summed E-state index contributed by atoms with van der Waals surface area (Å²) in [7, 11) is -3.60. The van der Waals surface area contributed by atoms with Gasteiger partial charge in [0.15, 0.2) is 26.5 Å². The molecule has 0 aliphatic heterocycles. The lowest BCUT2D eigenvalue weighted by atomic mass is 10.1. The maximum absolute atomic E-state index is 14.3. The van der Waals surface area contributed by atoms with Gasteiger partial charge in [0.2, 0.25) is 0 Å². The predicted octanol–water partition coefficient (Wildman–Crippen LogP) is 4.30. The summed E-state index contributed by atoms with van der Waals surface area (Å²) < 4.78 is 51.8. The summed E-state index contributed by atoms with van der Waals surface area (Å²) in [5.41, 5.74) is 0.707. The van der Waals surface area contributed by atoms with Crippen LogP contribution in [0.15, 0.2) is 35.5 Å². The maximum Gasteiger partial charge on any atom is 0.194 e. The zero-order valence-electron chi connectivity index (χ0n) is 14.6. The van der Waals surface area contributed by atoms with Crippen molar-refractivity contribution in [2.24, 2.45) is 0 Å². The van der Waals surface area contributed by atoms with Crippen LogP contribution in [0.4, 0.5) is 14.6 Å². The fourth-order valence-electron chi connectivity index (χ4n) is 2.62. The highest BCUT2D eigenvalue weighted by atomic mass is 35.5. The normalized spacial score (nSPS) is 12.8. The van der Waals surface area contributed by atoms with Crippen LogP contribution >= 0.6 is 23.2 Å². The van der Waals surface area contributed by atoms with Crippen LogP contribution < -0.4 is 5.32 Å². The van der Waals surface area contributed by atoms with Gasteiger partial charge in [0, 0.05) is 12.5 Å². The summed E-state index contributed by atoms with van der Waals surface area (Å²) in [6, 6.07) is 4.26. The average molecular weight is 447 g/mol. The number of halogens is 4. The summed E-state index contributed by atoms with van der Waals surface area (Å²) in [5.74, 6) is -1.47. The van der Waals surface area contributed by atoms with E-state index in [4.69, 9.17) is 23.2 Å². The van der Waals surface area contributed by atoms with Crippen molar-refractivity contribution in [3.8, 4) is 0 Å². The van der Waals surface area contributed by atoms with Crippen LogP contribution in [-0.2, 0) is 9.84 Å². The first-order valence-electron chi connectivity index (χ1n) is 7.86. The Kier molecular flexibility index (Phi) is 5.60. The molecule has 28 heavy (non-hydrogen) atoms. The Morgan fingerprint density at radius 1 is 1.18 bits per heavy atom. The number of pyridine rings is 1. The topological polar surface area (TPSA) is 87.7 Å². The monoisotopic (exact) mass is 446 g/mol. The minimum atomic E-state index is -3.60. The molecule has 0 aliphatic carbocycles. The van der Waals surface area contributed by atoms with Crippen molar-refractivity contribution in [1.82, 2.24) is 15.0 Å². The standard InChI is InChI=1S/C17H14Cl2F2N4O2S/c1-8-17(28(2,26)27)25-16(23-8)14(9-3-4-12(20)11(19)7-9)24-15-13(21)10(18)5-6-22-15/h3-7,14H,1-2H3,(H,22,24)(H,23,25). The van der Waals surface area contributed by atoms with E-state index >= 15 is 0 Å². The molecule has 2 N–H and O–H groups in total. The maximum atomic E-state index is 14.3. The lowest BCUT2D eigenvalue weighted by molar-refractivity contribution is 0.597. The second-order valence-electron chi connectivity index (χ2n) is 6.03. The van der Waals surface area contributed by atoms with Gasteiger partial charge in [-0.15, -0.1) is 0 Å². The molecule has 3 rings (SSSR count). The lowest BCUT2D eigenvalue weighted by Gasteiger charge is -2.19. The fraction of sp³-hybridized carbons (Fsp3) is 0.176. The number of H-pyrrole nitrogens is 1. The molecule has 3 aromatic rings. The number of nitrogens with zero attached hydrogens (tertiary/aromatic N) is 2. The third kappa shape index (κ3) is 4.11. The molecule has 6 nitrogen and oxygen atoms in total. The Bertz CT molecular complexity index is 1150. The fourth-order valence-corrected chi connectivity index (χ4v) is 3.83. The Hall–Kier alpha value is -2.23. The number of aryl methyl sites for hydroxylation is 1. The van der Waals surface area contributed by atoms with Crippen LogP contribution in [-0.4, -0.2) is 29.6 Å². The quantitative estimate of drug-likeness (QED) is 0.609. The van der Waals surface area contributed by atoms with Gasteiger partial charge in [-0.05, 0) is 30.7 Å². The third-order valence-corrected chi connectivity index (χ3v) is 5.56. The molecule has 1 atom stereocenters. The Balaban J connectivity index is 2.14. The first-order valence-corrected chi connectivity index (χ1v) is 10.5. The summed E-state index contributed by atoms with van der Waals surface area (Å²) >= 11 is 11.7. The first-order chi connectivity index (χ1) is 13.1. The Morgan fingerprint density at radius 3 is 2.50 bits per heavy atom. The molecule has 0 fully saturated rings. The molecule has 2 heterocycles. The van der Waals surface area contributed by atoms with Crippen LogP contribution in [0.2, 0.25) is 10.0 Å². The van der Waals surface area contributed by atoms with E-state index in [9.17, 15) is 17.2 Å². The van der Waals surface area contributed by atoms with Gasteiger partial charge in [-0.25, -0.2) is 27.2 Å². The molecule has 148 valence electrons. The van der Waals surface area contributed by atoms with Crippen molar-refractivity contribution in [2.45, 2.75) is 18.0 Å². The van der Waals surface area contributed by atoms with Gasteiger partial charge in [-0.1, -0.05) is 29.3 Å². The summed E-state index contributed by atoms with van der Waals surface area (Å²) in [5, 5.41) is 2.36. The number of rotatable bonds is 5. The van der Waals surface area contributed by atoms with Gasteiger partial charge in [-0.3, -0.25) is 0 Å². The van der Waals surface area contributed by atoms with E-state index in [1.54, 1.807) is 6.92 Å². The summed E-state index contributed by atoms with van der Waals surface area (Å²) in [6.07, 6.45) is 2.33. The van der Waals surface area contributed by atoms with Crippen LogP contribution in [0.3, 0.4) is 0 Å². The van der Waals surface area contributed by atoms with Gasteiger partial charge in [0.25, 0.3) is 0 Å². The Morgan fingerprint density at radius 2 is 1.89 bits per heavy atom. The van der Waals surface area contributed by atoms with Crippen molar-refractivity contribution in [3.63, 3.8) is 0 Å².